The minimum absolute atomic E-state index is 0.0608. The molecule has 2 rings (SSSR count). The molecule has 1 unspecified atom stereocenters. The lowest BCUT2D eigenvalue weighted by atomic mass is 10.1. The van der Waals surface area contributed by atoms with Gasteiger partial charge in [0.15, 0.2) is 0 Å². The van der Waals surface area contributed by atoms with Gasteiger partial charge in [-0.15, -0.1) is 0 Å². The molecule has 0 saturated carbocycles. The molecule has 0 heterocycles. The molecule has 0 bridgehead atoms. The van der Waals surface area contributed by atoms with Crippen molar-refractivity contribution in [3.05, 3.63) is 63.1 Å². The molecule has 0 aliphatic rings. The van der Waals surface area contributed by atoms with Crippen molar-refractivity contribution in [1.29, 1.82) is 0 Å². The predicted molar refractivity (Wildman–Crippen MR) is 152 cm³/mol. The highest BCUT2D eigenvalue weighted by Gasteiger charge is 2.29. The van der Waals surface area contributed by atoms with Gasteiger partial charge in [0.1, 0.15) is 6.04 Å². The maximum atomic E-state index is 13.4. The zero-order valence-electron chi connectivity index (χ0n) is 22.6. The van der Waals surface area contributed by atoms with Gasteiger partial charge in [0.05, 0.1) is 22.0 Å². The molecule has 0 fully saturated rings. The quantitative estimate of drug-likeness (QED) is 0.410. The zero-order valence-corrected chi connectivity index (χ0v) is 24.9. The fourth-order valence-corrected chi connectivity index (χ4v) is 5.26. The number of hydrogen-bond donors (Lipinski definition) is 1. The van der Waals surface area contributed by atoms with Crippen LogP contribution in [-0.2, 0) is 26.2 Å². The van der Waals surface area contributed by atoms with E-state index in [9.17, 15) is 18.0 Å². The first-order valence-corrected chi connectivity index (χ1v) is 14.7. The minimum Gasteiger partial charge on any atom is -0.350 e. The highest BCUT2D eigenvalue weighted by atomic mass is 35.5. The van der Waals surface area contributed by atoms with E-state index in [1.807, 2.05) is 52.8 Å². The maximum absolute atomic E-state index is 13.4. The van der Waals surface area contributed by atoms with Gasteiger partial charge in [-0.1, -0.05) is 35.3 Å². The number of hydrogen-bond acceptors (Lipinski definition) is 4. The van der Waals surface area contributed by atoms with E-state index in [0.29, 0.717) is 15.7 Å². The Labute approximate surface area is 231 Å². The summed E-state index contributed by atoms with van der Waals surface area (Å²) >= 11 is 12.2. The number of carbonyl (C=O) groups excluding carboxylic acids is 2. The molecule has 10 heteroatoms. The highest BCUT2D eigenvalue weighted by molar-refractivity contribution is 7.92. The van der Waals surface area contributed by atoms with Crippen LogP contribution in [0.15, 0.2) is 36.4 Å². The molecule has 1 atom stereocenters. The number of anilines is 1. The second-order valence-corrected chi connectivity index (χ2v) is 13.2. The van der Waals surface area contributed by atoms with Gasteiger partial charge in [0, 0.05) is 25.0 Å². The topological polar surface area (TPSA) is 86.8 Å². The van der Waals surface area contributed by atoms with E-state index in [1.165, 1.54) is 9.21 Å². The molecule has 0 radical (unpaired) electrons. The van der Waals surface area contributed by atoms with E-state index in [2.05, 4.69) is 5.32 Å². The standard InChI is InChI=1S/C27H37Cl2N3O4S/c1-18-13-19(2)15-22(14-18)32(37(7,35)36)12-8-9-25(33)31(20(3)26(34)30-27(4,5)6)17-21-10-11-23(28)24(29)16-21/h10-11,13-16,20H,8-9,12,17H2,1-7H3,(H,30,34). The average Bonchev–Trinajstić information content (AvgIpc) is 2.74. The molecule has 2 amide bonds. The van der Waals surface area contributed by atoms with Gasteiger partial charge in [-0.25, -0.2) is 8.42 Å². The lowest BCUT2D eigenvalue weighted by Gasteiger charge is -2.32. The molecule has 204 valence electrons. The molecule has 0 aliphatic heterocycles. The SMILES string of the molecule is Cc1cc(C)cc(N(CCCC(=O)N(Cc2ccc(Cl)c(Cl)c2)C(C)C(=O)NC(C)(C)C)S(C)(=O)=O)c1. The summed E-state index contributed by atoms with van der Waals surface area (Å²) in [6, 6.07) is 9.91. The first-order chi connectivity index (χ1) is 17.0. The lowest BCUT2D eigenvalue weighted by Crippen LogP contribution is -2.52. The Morgan fingerprint density at radius 1 is 1.00 bits per heavy atom. The second kappa shape index (κ2) is 12.5. The van der Waals surface area contributed by atoms with Gasteiger partial charge < -0.3 is 10.2 Å². The highest BCUT2D eigenvalue weighted by Crippen LogP contribution is 2.25. The maximum Gasteiger partial charge on any atom is 0.242 e. The van der Waals surface area contributed by atoms with Crippen LogP contribution in [0.5, 0.6) is 0 Å². The largest absolute Gasteiger partial charge is 0.350 e. The van der Waals surface area contributed by atoms with E-state index in [4.69, 9.17) is 23.2 Å². The van der Waals surface area contributed by atoms with Crippen molar-refractivity contribution in [3.63, 3.8) is 0 Å². The van der Waals surface area contributed by atoms with Crippen molar-refractivity contribution in [3.8, 4) is 0 Å². The fraction of sp³-hybridized carbons (Fsp3) is 0.481. The summed E-state index contributed by atoms with van der Waals surface area (Å²) in [4.78, 5) is 27.8. The fourth-order valence-electron chi connectivity index (χ4n) is 3.99. The molecule has 1 N–H and O–H groups in total. The van der Waals surface area contributed by atoms with Crippen LogP contribution in [0.25, 0.3) is 0 Å². The summed E-state index contributed by atoms with van der Waals surface area (Å²) in [6.45, 7) is 11.4. The van der Waals surface area contributed by atoms with Gasteiger partial charge in [-0.3, -0.25) is 13.9 Å². The Hall–Kier alpha value is -2.29. The van der Waals surface area contributed by atoms with E-state index < -0.39 is 21.6 Å². The number of sulfonamides is 1. The molecular formula is C27H37Cl2N3O4S. The normalized spacial score (nSPS) is 12.7. The number of aryl methyl sites for hydroxylation is 2. The molecule has 0 spiro atoms. The smallest absolute Gasteiger partial charge is 0.242 e. The first-order valence-electron chi connectivity index (χ1n) is 12.1. The summed E-state index contributed by atoms with van der Waals surface area (Å²) in [5, 5.41) is 3.67. The van der Waals surface area contributed by atoms with Gasteiger partial charge in [0.2, 0.25) is 21.8 Å². The van der Waals surface area contributed by atoms with Crippen LogP contribution in [0.1, 0.15) is 57.2 Å². The summed E-state index contributed by atoms with van der Waals surface area (Å²) in [5.74, 6) is -0.551. The number of benzene rings is 2. The van der Waals surface area contributed by atoms with Gasteiger partial charge in [0.25, 0.3) is 0 Å². The molecular weight excluding hydrogens is 533 g/mol. The lowest BCUT2D eigenvalue weighted by molar-refractivity contribution is -0.141. The van der Waals surface area contributed by atoms with E-state index in [0.717, 1.165) is 22.9 Å². The number of amides is 2. The van der Waals surface area contributed by atoms with Gasteiger partial charge >= 0.3 is 0 Å². The van der Waals surface area contributed by atoms with Crippen molar-refractivity contribution in [2.24, 2.45) is 0 Å². The monoisotopic (exact) mass is 569 g/mol. The van der Waals surface area contributed by atoms with Crippen LogP contribution < -0.4 is 9.62 Å². The van der Waals surface area contributed by atoms with Crippen LogP contribution in [0.3, 0.4) is 0 Å². The molecule has 0 saturated heterocycles. The minimum atomic E-state index is -3.56. The Kier molecular flexibility index (Phi) is 10.5. The predicted octanol–water partition coefficient (Wildman–Crippen LogP) is 5.49. The van der Waals surface area contributed by atoms with Crippen LogP contribution in [0.4, 0.5) is 5.69 Å². The molecule has 2 aromatic rings. The molecule has 37 heavy (non-hydrogen) atoms. The van der Waals surface area contributed by atoms with Crippen LogP contribution in [0, 0.1) is 13.8 Å². The number of carbonyl (C=O) groups is 2. The molecule has 7 nitrogen and oxygen atoms in total. The van der Waals surface area contributed by atoms with Crippen molar-refractivity contribution in [1.82, 2.24) is 10.2 Å². The third-order valence-electron chi connectivity index (χ3n) is 5.65. The van der Waals surface area contributed by atoms with E-state index >= 15 is 0 Å². The van der Waals surface area contributed by atoms with Crippen molar-refractivity contribution >= 4 is 50.7 Å². The Morgan fingerprint density at radius 2 is 1.59 bits per heavy atom. The third kappa shape index (κ3) is 9.51. The Morgan fingerprint density at radius 3 is 2.11 bits per heavy atom. The molecule has 0 aromatic heterocycles. The number of rotatable bonds is 10. The zero-order chi connectivity index (χ0) is 28.1. The van der Waals surface area contributed by atoms with E-state index in [-0.39, 0.29) is 37.7 Å². The number of nitrogens with zero attached hydrogens (tertiary/aromatic N) is 2. The Bertz CT molecular complexity index is 1220. The van der Waals surface area contributed by atoms with Crippen molar-refractivity contribution in [2.75, 3.05) is 17.1 Å². The third-order valence-corrected chi connectivity index (χ3v) is 7.58. The van der Waals surface area contributed by atoms with E-state index in [1.54, 1.807) is 25.1 Å². The van der Waals surface area contributed by atoms with Crippen LogP contribution in [0.2, 0.25) is 10.0 Å². The van der Waals surface area contributed by atoms with Crippen molar-refractivity contribution < 1.29 is 18.0 Å². The van der Waals surface area contributed by atoms with Gasteiger partial charge in [-0.05, 0) is 88.9 Å². The number of halogens is 2. The second-order valence-electron chi connectivity index (χ2n) is 10.5. The van der Waals surface area contributed by atoms with Crippen LogP contribution in [-0.4, -0.2) is 49.5 Å². The summed E-state index contributed by atoms with van der Waals surface area (Å²) < 4.78 is 26.4. The molecule has 2 aromatic carbocycles. The van der Waals surface area contributed by atoms with Crippen LogP contribution >= 0.6 is 23.2 Å². The first kappa shape index (κ1) is 30.9. The summed E-state index contributed by atoms with van der Waals surface area (Å²) in [7, 11) is -3.56. The Balaban J connectivity index is 2.24. The van der Waals surface area contributed by atoms with Gasteiger partial charge in [-0.2, -0.15) is 0 Å². The summed E-state index contributed by atoms with van der Waals surface area (Å²) in [6.07, 6.45) is 1.50. The summed E-state index contributed by atoms with van der Waals surface area (Å²) in [5.41, 5.74) is 2.73. The number of nitrogens with one attached hydrogen (secondary N) is 1. The molecule has 0 aliphatic carbocycles. The average molecular weight is 571 g/mol. The van der Waals surface area contributed by atoms with Crippen molar-refractivity contribution in [2.45, 2.75) is 72.5 Å².